The summed E-state index contributed by atoms with van der Waals surface area (Å²) in [6.45, 7) is 19.5. The van der Waals surface area contributed by atoms with E-state index in [1.165, 1.54) is 161 Å². The van der Waals surface area contributed by atoms with Gasteiger partial charge < -0.3 is 17.7 Å². The molecule has 15 heterocycles. The van der Waals surface area contributed by atoms with E-state index >= 15 is 0 Å². The van der Waals surface area contributed by atoms with E-state index in [-0.39, 0.29) is 0 Å². The maximum Gasteiger partial charge on any atom is 0.331 e. The summed E-state index contributed by atoms with van der Waals surface area (Å²) >= 11 is 11.4. The zero-order chi connectivity index (χ0) is 91.3. The highest BCUT2D eigenvalue weighted by Crippen LogP contribution is 2.52. The van der Waals surface area contributed by atoms with Crippen molar-refractivity contribution in [3.8, 4) is 68.3 Å². The molecule has 15 aromatic heterocycles. The monoisotopic (exact) mass is 1860 g/mol. The fourth-order valence-electron chi connectivity index (χ4n) is 19.7. The zero-order valence-electron chi connectivity index (χ0n) is 76.3. The summed E-state index contributed by atoms with van der Waals surface area (Å²) in [7, 11) is 10.3. The van der Waals surface area contributed by atoms with E-state index in [2.05, 4.69) is 357 Å². The quantitative estimate of drug-likeness (QED) is 0.146. The average Bonchev–Trinajstić information content (AvgIpc) is 1.54. The van der Waals surface area contributed by atoms with Gasteiger partial charge in [-0.15, -0.1) is 68.0 Å². The molecular weight excluding hydrogens is 1770 g/mol. The summed E-state index contributed by atoms with van der Waals surface area (Å²) in [5.74, 6) is 6.44. The maximum atomic E-state index is 6.39. The van der Waals surface area contributed by atoms with Crippen LogP contribution < -0.4 is 22.8 Å². The van der Waals surface area contributed by atoms with E-state index in [1.807, 2.05) is 154 Å². The van der Waals surface area contributed by atoms with Gasteiger partial charge in [0, 0.05) is 96.2 Å². The lowest BCUT2D eigenvalue weighted by molar-refractivity contribution is -0.663. The molecule has 0 aliphatic carbocycles. The molecule has 0 unspecified atom stereocenters. The molecule has 0 saturated carbocycles. The van der Waals surface area contributed by atoms with Gasteiger partial charge in [-0.25, -0.2) is 22.8 Å². The number of hydrogen-bond donors (Lipinski definition) is 0. The second-order valence-corrected chi connectivity index (χ2v) is 41.4. The normalized spacial score (nSPS) is 11.8. The Morgan fingerprint density at radius 3 is 1.26 bits per heavy atom. The molecule has 134 heavy (non-hydrogen) atoms. The lowest BCUT2D eigenvalue weighted by Crippen LogP contribution is -2.31. The summed E-state index contributed by atoms with van der Waals surface area (Å²) in [4.78, 5) is 13.9. The SMILES string of the molecule is Cc1cc2c(cc1-c1n(-c3c(C)cccc3C)cc[n+]1C)oc1oc3ccccc3c12.Cc1cc2c(cc1-c1nccc[n+]1C)sc1c3ccccc3sc21.Cc1ccc2c(sc3c4ccccc4sc23)c1-c1nccc[n+]1C.Cc1ccc2c(sc3sc4ccccc4c32)c1-c1nccc[n+]1C.Cc1cccc(C)c1-n1cc[n+](C)c1-c1c(C)ccc2c1oc1oc3ccccc3c12. The molecule has 14 nitrogen and oxygen atoms in total. The molecule has 27 rings (SSSR count). The number of imidazole rings is 2. The first-order valence-corrected chi connectivity index (χ1v) is 49.6. The Morgan fingerprint density at radius 1 is 0.261 bits per heavy atom. The van der Waals surface area contributed by atoms with E-state index in [0.29, 0.717) is 11.6 Å². The van der Waals surface area contributed by atoms with Gasteiger partial charge in [0.2, 0.25) is 0 Å². The number of para-hydroxylation sites is 4. The minimum atomic E-state index is 0.580. The molecule has 0 bridgehead atoms. The number of aryl methyl sites for hydroxylation is 14. The molecule has 0 fully saturated rings. The number of benzene rings is 12. The molecule has 0 N–H and O–H groups in total. The minimum absolute atomic E-state index is 0.580. The van der Waals surface area contributed by atoms with Gasteiger partial charge in [-0.2, -0.15) is 9.13 Å². The van der Waals surface area contributed by atoms with Crippen molar-refractivity contribution in [2.45, 2.75) is 62.3 Å². The largest absolute Gasteiger partial charge is 0.425 e. The fourth-order valence-corrected chi connectivity index (χ4v) is 28.0. The van der Waals surface area contributed by atoms with Gasteiger partial charge in [0.15, 0.2) is 5.58 Å². The van der Waals surface area contributed by atoms with Crippen LogP contribution in [0.15, 0.2) is 316 Å². The second-order valence-electron chi connectivity index (χ2n) is 34.9. The van der Waals surface area contributed by atoms with E-state index in [1.54, 1.807) is 0 Å². The molecule has 0 amide bonds. The van der Waals surface area contributed by atoms with Crippen molar-refractivity contribution in [2.75, 3.05) is 0 Å². The Balaban J connectivity index is 0.0000000951. The molecule has 27 aromatic rings. The standard InChI is InChI=1S/2C27H23N2O2.3C20H15N2S2/c1-16-8-7-9-17(2)25(16)29-13-12-28(4)26(29)20-15-23-21(14-18(20)3)24-19-10-5-6-11-22(19)30-27(24)31-23;1-16-12-13-20-23-19-10-5-6-11-21(19)30-27(23)31-25(20)22(16)26-28(4)14-15-29(26)24-17(2)8-7-9-18(24)3;1-12-8-9-14-17(16(12)20-21-10-5-11-22(20)2)24-18-13-6-3-4-7-15(13)23-19(14)18;1-12-8-9-14-17-13-6-3-4-7-15(13)23-20(17)24-18(14)16(12)19-21-10-5-11-22(19)2;1-12-10-15-17(11-14(12)20-21-8-5-9-22(20)2)24-18-13-6-3-4-7-16(13)23-19(15)18/h2*5-15H,1-4H3;3*3-11H,1-2H3/q5*+1. The van der Waals surface area contributed by atoms with Crippen LogP contribution in [0.5, 0.6) is 0 Å². The van der Waals surface area contributed by atoms with Crippen LogP contribution in [0.4, 0.5) is 0 Å². The van der Waals surface area contributed by atoms with Crippen LogP contribution in [0.1, 0.15) is 50.1 Å². The highest BCUT2D eigenvalue weighted by molar-refractivity contribution is 7.45. The molecule has 20 heteroatoms. The number of furan rings is 4. The molecule has 0 saturated heterocycles. The molecule has 0 aliphatic heterocycles. The van der Waals surface area contributed by atoms with Gasteiger partial charge in [0.1, 0.15) is 77.1 Å². The number of fused-ring (bicyclic) bond motifs is 25. The van der Waals surface area contributed by atoms with Crippen molar-refractivity contribution < 1.29 is 40.5 Å². The Bertz CT molecular complexity index is 9350. The Morgan fingerprint density at radius 2 is 0.687 bits per heavy atom. The van der Waals surface area contributed by atoms with Crippen LogP contribution in [0.2, 0.25) is 0 Å². The van der Waals surface area contributed by atoms with Crippen LogP contribution in [0.3, 0.4) is 0 Å². The van der Waals surface area contributed by atoms with Crippen LogP contribution >= 0.6 is 68.0 Å². The Labute approximate surface area is 795 Å². The summed E-state index contributed by atoms with van der Waals surface area (Å²) < 4.78 is 54.9. The van der Waals surface area contributed by atoms with Crippen LogP contribution in [-0.2, 0) is 35.2 Å². The van der Waals surface area contributed by atoms with Gasteiger partial charge in [-0.1, -0.05) is 164 Å². The third kappa shape index (κ3) is 13.9. The minimum Gasteiger partial charge on any atom is -0.425 e. The third-order valence-electron chi connectivity index (χ3n) is 26.1. The van der Waals surface area contributed by atoms with Gasteiger partial charge >= 0.3 is 17.5 Å². The van der Waals surface area contributed by atoms with Gasteiger partial charge in [0.05, 0.1) is 119 Å². The first-order valence-electron chi connectivity index (χ1n) is 44.7. The van der Waals surface area contributed by atoms with Gasteiger partial charge in [0.25, 0.3) is 23.2 Å². The predicted octanol–water partition coefficient (Wildman–Crippen LogP) is 29.5. The summed E-state index contributed by atoms with van der Waals surface area (Å²) in [6, 6.07) is 83.4. The molecule has 0 spiro atoms. The topological polar surface area (TPSA) is 120 Å². The molecule has 652 valence electrons. The molecule has 0 aliphatic rings. The highest BCUT2D eigenvalue weighted by atomic mass is 32.2. The van der Waals surface area contributed by atoms with Crippen LogP contribution in [0, 0.1) is 62.3 Å². The Kier molecular flexibility index (Phi) is 20.9. The van der Waals surface area contributed by atoms with Gasteiger partial charge in [-0.3, -0.25) is 0 Å². The molecular formula is C114H91N10O4S6+5. The van der Waals surface area contributed by atoms with Crippen molar-refractivity contribution >= 4 is 223 Å². The second kappa shape index (κ2) is 33.4. The molecule has 12 aromatic carbocycles. The lowest BCUT2D eigenvalue weighted by atomic mass is 10.0. The van der Waals surface area contributed by atoms with Crippen molar-refractivity contribution in [2.24, 2.45) is 35.2 Å². The summed E-state index contributed by atoms with van der Waals surface area (Å²) in [6.07, 6.45) is 20.2. The van der Waals surface area contributed by atoms with E-state index in [0.717, 1.165) is 100 Å². The maximum absolute atomic E-state index is 6.39. The first kappa shape index (κ1) is 83.8. The van der Waals surface area contributed by atoms with Gasteiger partial charge in [-0.05, 0) is 182 Å². The van der Waals surface area contributed by atoms with Crippen molar-refractivity contribution in [1.82, 2.24) is 24.1 Å². The van der Waals surface area contributed by atoms with Crippen molar-refractivity contribution in [1.29, 1.82) is 0 Å². The van der Waals surface area contributed by atoms with Crippen molar-refractivity contribution in [3.05, 3.63) is 349 Å². The van der Waals surface area contributed by atoms with E-state index < -0.39 is 0 Å². The predicted molar refractivity (Wildman–Crippen MR) is 559 cm³/mol. The summed E-state index contributed by atoms with van der Waals surface area (Å²) in [5, 5.41) is 16.0. The summed E-state index contributed by atoms with van der Waals surface area (Å²) in [5.41, 5.74) is 22.9. The van der Waals surface area contributed by atoms with E-state index in [9.17, 15) is 0 Å². The third-order valence-corrected chi connectivity index (χ3v) is 33.7. The fraction of sp³-hybridized carbons (Fsp3) is 0.123. The Hall–Kier alpha value is -14.5. The average molecular weight is 1860 g/mol. The van der Waals surface area contributed by atoms with E-state index in [4.69, 9.17) is 17.7 Å². The zero-order valence-corrected chi connectivity index (χ0v) is 81.2. The number of thiophene rings is 6. The first-order chi connectivity index (χ1) is 65.3. The van der Waals surface area contributed by atoms with Crippen LogP contribution in [0.25, 0.3) is 223 Å². The molecule has 0 atom stereocenters. The lowest BCUT2D eigenvalue weighted by Gasteiger charge is -2.10. The van der Waals surface area contributed by atoms with Crippen LogP contribution in [-0.4, -0.2) is 24.1 Å². The highest BCUT2D eigenvalue weighted by Gasteiger charge is 2.33. The molecule has 0 radical (unpaired) electrons. The number of rotatable bonds is 7. The number of nitrogens with zero attached hydrogens (tertiary/aromatic N) is 10. The number of aromatic nitrogens is 10. The smallest absolute Gasteiger partial charge is 0.331 e. The number of hydrogen-bond acceptors (Lipinski definition) is 13. The van der Waals surface area contributed by atoms with Crippen molar-refractivity contribution in [3.63, 3.8) is 0 Å².